The molecule has 0 fully saturated rings. The van der Waals surface area contributed by atoms with Crippen LogP contribution in [0, 0.1) is 0 Å². The topological polar surface area (TPSA) is 60.9 Å². The van der Waals surface area contributed by atoms with Crippen LogP contribution in [-0.4, -0.2) is 28.2 Å². The molecule has 0 radical (unpaired) electrons. The molecular weight excluding hydrogens is 286 g/mol. The van der Waals surface area contributed by atoms with Gasteiger partial charge < -0.3 is 15.4 Å². The highest BCUT2D eigenvalue weighted by Gasteiger charge is 2.17. The van der Waals surface area contributed by atoms with Gasteiger partial charge in [-0.1, -0.05) is 18.2 Å². The van der Waals surface area contributed by atoms with Gasteiger partial charge in [0.15, 0.2) is 0 Å². The van der Waals surface area contributed by atoms with E-state index in [0.717, 1.165) is 31.5 Å². The normalized spacial score (nSPS) is 16.0. The van der Waals surface area contributed by atoms with Gasteiger partial charge in [-0.15, -0.1) is 0 Å². The first-order valence-electron chi connectivity index (χ1n) is 8.23. The number of fused-ring (bicyclic) bond motifs is 3. The average Bonchev–Trinajstić information content (AvgIpc) is 2.78. The van der Waals surface area contributed by atoms with Crippen molar-refractivity contribution in [3.05, 3.63) is 65.1 Å². The number of nitrogens with one attached hydrogen (secondary N) is 2. The van der Waals surface area contributed by atoms with Crippen LogP contribution in [0.1, 0.15) is 28.5 Å². The van der Waals surface area contributed by atoms with Gasteiger partial charge in [-0.3, -0.25) is 4.98 Å². The molecule has 1 aliphatic rings. The van der Waals surface area contributed by atoms with Crippen LogP contribution < -0.4 is 5.32 Å². The van der Waals surface area contributed by atoms with Crippen LogP contribution in [0.15, 0.2) is 42.7 Å². The molecule has 0 amide bonds. The predicted octanol–water partition coefficient (Wildman–Crippen LogP) is 2.53. The molecule has 2 aromatic heterocycles. The molecule has 0 aliphatic carbocycles. The Balaban J connectivity index is 1.70. The maximum atomic E-state index is 10.5. The Morgan fingerprint density at radius 2 is 1.91 bits per heavy atom. The zero-order valence-electron chi connectivity index (χ0n) is 13.0. The number of aliphatic hydroxyl groups excluding tert-OH is 1. The van der Waals surface area contributed by atoms with Crippen molar-refractivity contribution >= 4 is 10.9 Å². The molecule has 1 aromatic carbocycles. The van der Waals surface area contributed by atoms with E-state index in [9.17, 15) is 5.11 Å². The van der Waals surface area contributed by atoms with Crippen molar-refractivity contribution in [2.75, 3.05) is 13.1 Å². The van der Waals surface area contributed by atoms with Gasteiger partial charge in [0.2, 0.25) is 0 Å². The monoisotopic (exact) mass is 307 g/mol. The minimum absolute atomic E-state index is 0.506. The lowest BCUT2D eigenvalue weighted by molar-refractivity contribution is 0.178. The van der Waals surface area contributed by atoms with E-state index >= 15 is 0 Å². The molecule has 0 saturated heterocycles. The third-order valence-corrected chi connectivity index (χ3v) is 4.72. The van der Waals surface area contributed by atoms with E-state index in [2.05, 4.69) is 33.5 Å². The van der Waals surface area contributed by atoms with Gasteiger partial charge in [-0.05, 0) is 41.8 Å². The Morgan fingerprint density at radius 3 is 2.78 bits per heavy atom. The van der Waals surface area contributed by atoms with E-state index in [1.807, 2.05) is 12.1 Å². The fraction of sp³-hybridized carbons (Fsp3) is 0.316. The summed E-state index contributed by atoms with van der Waals surface area (Å²) in [5.74, 6) is 0. The quantitative estimate of drug-likeness (QED) is 0.697. The summed E-state index contributed by atoms with van der Waals surface area (Å²) in [7, 11) is 0. The Bertz CT molecular complexity index is 810. The fourth-order valence-electron chi connectivity index (χ4n) is 3.52. The first-order valence-corrected chi connectivity index (χ1v) is 8.23. The molecule has 0 saturated carbocycles. The lowest BCUT2D eigenvalue weighted by Crippen LogP contribution is -2.16. The first kappa shape index (κ1) is 14.4. The van der Waals surface area contributed by atoms with E-state index in [-0.39, 0.29) is 0 Å². The van der Waals surface area contributed by atoms with Crippen LogP contribution in [0.25, 0.3) is 10.9 Å². The van der Waals surface area contributed by atoms with E-state index in [4.69, 9.17) is 0 Å². The molecule has 3 heterocycles. The maximum Gasteiger partial charge on any atom is 0.0832 e. The Hall–Kier alpha value is -2.17. The molecule has 1 aliphatic heterocycles. The minimum atomic E-state index is -0.506. The lowest BCUT2D eigenvalue weighted by Gasteiger charge is -2.11. The molecular formula is C19H21N3O. The summed E-state index contributed by atoms with van der Waals surface area (Å²) in [4.78, 5) is 7.63. The first-order chi connectivity index (χ1) is 11.3. The number of rotatable bonds is 3. The van der Waals surface area contributed by atoms with Crippen molar-refractivity contribution in [3.8, 4) is 0 Å². The SMILES string of the molecule is OC(Cc1cccc2c3c([nH]c12)CCNCC3)c1ccncc1. The van der Waals surface area contributed by atoms with Crippen LogP contribution >= 0.6 is 0 Å². The largest absolute Gasteiger partial charge is 0.388 e. The molecule has 0 bridgehead atoms. The minimum Gasteiger partial charge on any atom is -0.388 e. The molecule has 0 spiro atoms. The summed E-state index contributed by atoms with van der Waals surface area (Å²) in [6, 6.07) is 10.2. The molecule has 1 atom stereocenters. The molecule has 1 unspecified atom stereocenters. The van der Waals surface area contributed by atoms with Gasteiger partial charge in [0, 0.05) is 48.4 Å². The molecule has 3 N–H and O–H groups in total. The summed E-state index contributed by atoms with van der Waals surface area (Å²) in [5, 5.41) is 15.3. The highest BCUT2D eigenvalue weighted by molar-refractivity contribution is 5.87. The highest BCUT2D eigenvalue weighted by atomic mass is 16.3. The van der Waals surface area contributed by atoms with Crippen molar-refractivity contribution in [1.82, 2.24) is 15.3 Å². The predicted molar refractivity (Wildman–Crippen MR) is 91.5 cm³/mol. The van der Waals surface area contributed by atoms with Crippen LogP contribution in [0.2, 0.25) is 0 Å². The second kappa shape index (κ2) is 6.14. The number of pyridine rings is 1. The Labute approximate surface area is 135 Å². The standard InChI is InChI=1S/C19H21N3O/c23-18(13-4-8-20-9-5-13)12-14-2-1-3-16-15-6-10-21-11-7-17(15)22-19(14)16/h1-5,8-9,18,21-23H,6-7,10-12H2. The average molecular weight is 307 g/mol. The van der Waals surface area contributed by atoms with E-state index < -0.39 is 6.10 Å². The number of para-hydroxylation sites is 1. The van der Waals surface area contributed by atoms with Crippen LogP contribution in [0.3, 0.4) is 0 Å². The van der Waals surface area contributed by atoms with Crippen molar-refractivity contribution < 1.29 is 5.11 Å². The van der Waals surface area contributed by atoms with Gasteiger partial charge in [-0.25, -0.2) is 0 Å². The van der Waals surface area contributed by atoms with Crippen LogP contribution in [-0.2, 0) is 19.3 Å². The Kier molecular flexibility index (Phi) is 3.85. The summed E-state index contributed by atoms with van der Waals surface area (Å²) < 4.78 is 0. The van der Waals surface area contributed by atoms with Gasteiger partial charge in [0.05, 0.1) is 6.10 Å². The number of aromatic amines is 1. The summed E-state index contributed by atoms with van der Waals surface area (Å²) in [6.07, 6.45) is 5.65. The van der Waals surface area contributed by atoms with Crippen molar-refractivity contribution in [3.63, 3.8) is 0 Å². The third-order valence-electron chi connectivity index (χ3n) is 4.72. The molecule has 3 aromatic rings. The zero-order chi connectivity index (χ0) is 15.6. The highest BCUT2D eigenvalue weighted by Crippen LogP contribution is 2.29. The van der Waals surface area contributed by atoms with Gasteiger partial charge in [0.25, 0.3) is 0 Å². The lowest BCUT2D eigenvalue weighted by atomic mass is 9.99. The molecule has 4 heteroatoms. The van der Waals surface area contributed by atoms with Crippen LogP contribution in [0.5, 0.6) is 0 Å². The summed E-state index contributed by atoms with van der Waals surface area (Å²) in [6.45, 7) is 2.05. The van der Waals surface area contributed by atoms with E-state index in [0.29, 0.717) is 6.42 Å². The molecule has 4 nitrogen and oxygen atoms in total. The smallest absolute Gasteiger partial charge is 0.0832 e. The number of aliphatic hydroxyl groups is 1. The van der Waals surface area contributed by atoms with E-state index in [1.54, 1.807) is 12.4 Å². The second-order valence-electron chi connectivity index (χ2n) is 6.17. The second-order valence-corrected chi connectivity index (χ2v) is 6.17. The number of hydrogen-bond acceptors (Lipinski definition) is 3. The third kappa shape index (κ3) is 2.76. The van der Waals surface area contributed by atoms with Gasteiger partial charge in [-0.2, -0.15) is 0 Å². The van der Waals surface area contributed by atoms with Gasteiger partial charge >= 0.3 is 0 Å². The zero-order valence-corrected chi connectivity index (χ0v) is 13.0. The van der Waals surface area contributed by atoms with Crippen LogP contribution in [0.4, 0.5) is 0 Å². The maximum absolute atomic E-state index is 10.5. The van der Waals surface area contributed by atoms with E-state index in [1.165, 1.54) is 27.7 Å². The number of aromatic nitrogens is 2. The number of nitrogens with zero attached hydrogens (tertiary/aromatic N) is 1. The Morgan fingerprint density at radius 1 is 1.09 bits per heavy atom. The fourth-order valence-corrected chi connectivity index (χ4v) is 3.52. The van der Waals surface area contributed by atoms with Gasteiger partial charge in [0.1, 0.15) is 0 Å². The van der Waals surface area contributed by atoms with Crippen molar-refractivity contribution in [1.29, 1.82) is 0 Å². The van der Waals surface area contributed by atoms with Crippen molar-refractivity contribution in [2.24, 2.45) is 0 Å². The number of benzene rings is 1. The molecule has 118 valence electrons. The molecule has 23 heavy (non-hydrogen) atoms. The summed E-state index contributed by atoms with van der Waals surface area (Å²) >= 11 is 0. The number of H-pyrrole nitrogens is 1. The van der Waals surface area contributed by atoms with Crippen molar-refractivity contribution in [2.45, 2.75) is 25.4 Å². The number of hydrogen-bond donors (Lipinski definition) is 3. The molecule has 4 rings (SSSR count). The summed E-state index contributed by atoms with van der Waals surface area (Å²) in [5.41, 5.74) is 6.05.